The number of nitrogens with zero attached hydrogens (tertiary/aromatic N) is 3. The monoisotopic (exact) mass is 239 g/mol. The maximum Gasteiger partial charge on any atom is 0.240 e. The maximum absolute atomic E-state index is 8.88. The fourth-order valence-electron chi connectivity index (χ4n) is 2.43. The summed E-state index contributed by atoms with van der Waals surface area (Å²) in [7, 11) is 0. The van der Waals surface area contributed by atoms with E-state index in [1.165, 1.54) is 12.8 Å². The van der Waals surface area contributed by atoms with Crippen molar-refractivity contribution in [2.45, 2.75) is 51.6 Å². The molecule has 0 bridgehead atoms. The molecule has 17 heavy (non-hydrogen) atoms. The smallest absolute Gasteiger partial charge is 0.240 e. The number of likely N-dealkylation sites (tertiary alicyclic amines) is 1. The molecular formula is C12H21N3O2. The Morgan fingerprint density at radius 3 is 3.12 bits per heavy atom. The lowest BCUT2D eigenvalue weighted by Crippen LogP contribution is -2.29. The van der Waals surface area contributed by atoms with Crippen LogP contribution in [-0.2, 0) is 13.0 Å². The van der Waals surface area contributed by atoms with Gasteiger partial charge in [-0.1, -0.05) is 12.1 Å². The molecule has 2 heterocycles. The number of aliphatic hydroxyl groups excluding tert-OH is 1. The molecule has 0 aromatic carbocycles. The van der Waals surface area contributed by atoms with Crippen LogP contribution in [0.3, 0.4) is 0 Å². The first kappa shape index (κ1) is 12.5. The molecule has 1 aliphatic rings. The average Bonchev–Trinajstić information content (AvgIpc) is 2.96. The highest BCUT2D eigenvalue weighted by molar-refractivity contribution is 4.88. The normalized spacial score (nSPS) is 21.2. The number of rotatable bonds is 6. The van der Waals surface area contributed by atoms with Gasteiger partial charge in [0.25, 0.3) is 0 Å². The molecule has 96 valence electrons. The van der Waals surface area contributed by atoms with Crippen molar-refractivity contribution >= 4 is 0 Å². The number of aromatic nitrogens is 2. The SMILES string of the molecule is CCc1noc(CN2CCCC2CCCO)n1. The van der Waals surface area contributed by atoms with Gasteiger partial charge < -0.3 is 9.63 Å². The molecule has 1 saturated heterocycles. The summed E-state index contributed by atoms with van der Waals surface area (Å²) in [5.74, 6) is 1.50. The molecule has 0 radical (unpaired) electrons. The van der Waals surface area contributed by atoms with Crippen LogP contribution in [-0.4, -0.2) is 39.3 Å². The lowest BCUT2D eigenvalue weighted by Gasteiger charge is -2.22. The zero-order chi connectivity index (χ0) is 12.1. The summed E-state index contributed by atoms with van der Waals surface area (Å²) in [6.45, 7) is 4.16. The van der Waals surface area contributed by atoms with Crippen LogP contribution in [0, 0.1) is 0 Å². The Labute approximate surface area is 102 Å². The fraction of sp³-hybridized carbons (Fsp3) is 0.833. The third-order valence-electron chi connectivity index (χ3n) is 3.36. The average molecular weight is 239 g/mol. The van der Waals surface area contributed by atoms with Gasteiger partial charge in [-0.3, -0.25) is 4.90 Å². The van der Waals surface area contributed by atoms with Gasteiger partial charge in [0, 0.05) is 19.1 Å². The summed E-state index contributed by atoms with van der Waals surface area (Å²) in [5, 5.41) is 12.8. The molecule has 1 aromatic heterocycles. The number of hydrogen-bond acceptors (Lipinski definition) is 5. The van der Waals surface area contributed by atoms with E-state index in [1.54, 1.807) is 0 Å². The Morgan fingerprint density at radius 2 is 2.41 bits per heavy atom. The van der Waals surface area contributed by atoms with Gasteiger partial charge in [0.1, 0.15) is 0 Å². The Bertz CT molecular complexity index is 340. The second kappa shape index (κ2) is 6.12. The lowest BCUT2D eigenvalue weighted by molar-refractivity contribution is 0.188. The quantitative estimate of drug-likeness (QED) is 0.812. The summed E-state index contributed by atoms with van der Waals surface area (Å²) in [6.07, 6.45) is 5.20. The highest BCUT2D eigenvalue weighted by Gasteiger charge is 2.25. The highest BCUT2D eigenvalue weighted by atomic mass is 16.5. The van der Waals surface area contributed by atoms with Crippen molar-refractivity contribution in [2.75, 3.05) is 13.2 Å². The van der Waals surface area contributed by atoms with E-state index in [2.05, 4.69) is 15.0 Å². The minimum absolute atomic E-state index is 0.283. The third-order valence-corrected chi connectivity index (χ3v) is 3.36. The van der Waals surface area contributed by atoms with E-state index in [1.807, 2.05) is 6.92 Å². The van der Waals surface area contributed by atoms with Crippen molar-refractivity contribution in [3.63, 3.8) is 0 Å². The molecule has 5 heteroatoms. The summed E-state index contributed by atoms with van der Waals surface area (Å²) < 4.78 is 5.22. The molecule has 1 aliphatic heterocycles. The Morgan fingerprint density at radius 1 is 1.53 bits per heavy atom. The molecule has 0 spiro atoms. The number of hydrogen-bond donors (Lipinski definition) is 1. The fourth-order valence-corrected chi connectivity index (χ4v) is 2.43. The zero-order valence-corrected chi connectivity index (χ0v) is 10.4. The second-order valence-electron chi connectivity index (χ2n) is 4.59. The first-order valence-electron chi connectivity index (χ1n) is 6.50. The highest BCUT2D eigenvalue weighted by Crippen LogP contribution is 2.22. The van der Waals surface area contributed by atoms with E-state index >= 15 is 0 Å². The molecule has 1 unspecified atom stereocenters. The molecule has 1 atom stereocenters. The van der Waals surface area contributed by atoms with Crippen molar-refractivity contribution in [2.24, 2.45) is 0 Å². The molecule has 1 fully saturated rings. The van der Waals surface area contributed by atoms with Crippen LogP contribution in [0.5, 0.6) is 0 Å². The van der Waals surface area contributed by atoms with Crippen molar-refractivity contribution in [1.82, 2.24) is 15.0 Å². The molecule has 1 aromatic rings. The first-order chi connectivity index (χ1) is 8.33. The Kier molecular flexibility index (Phi) is 4.50. The van der Waals surface area contributed by atoms with E-state index in [9.17, 15) is 0 Å². The minimum atomic E-state index is 0.283. The van der Waals surface area contributed by atoms with Gasteiger partial charge in [0.15, 0.2) is 5.82 Å². The van der Waals surface area contributed by atoms with E-state index < -0.39 is 0 Å². The second-order valence-corrected chi connectivity index (χ2v) is 4.59. The number of aryl methyl sites for hydroxylation is 1. The molecule has 1 N–H and O–H groups in total. The van der Waals surface area contributed by atoms with Crippen molar-refractivity contribution < 1.29 is 9.63 Å². The van der Waals surface area contributed by atoms with Crippen LogP contribution >= 0.6 is 0 Å². The van der Waals surface area contributed by atoms with Crippen LogP contribution in [0.1, 0.15) is 44.3 Å². The molecule has 2 rings (SSSR count). The van der Waals surface area contributed by atoms with Gasteiger partial charge in [-0.2, -0.15) is 4.98 Å². The van der Waals surface area contributed by atoms with Gasteiger partial charge in [-0.25, -0.2) is 0 Å². The van der Waals surface area contributed by atoms with Crippen molar-refractivity contribution in [3.8, 4) is 0 Å². The van der Waals surface area contributed by atoms with Crippen LogP contribution in [0.2, 0.25) is 0 Å². The zero-order valence-electron chi connectivity index (χ0n) is 10.4. The molecule has 0 aliphatic carbocycles. The summed E-state index contributed by atoms with van der Waals surface area (Å²) in [4.78, 5) is 6.73. The molecule has 0 saturated carbocycles. The van der Waals surface area contributed by atoms with Gasteiger partial charge in [0.2, 0.25) is 5.89 Å². The van der Waals surface area contributed by atoms with Gasteiger partial charge >= 0.3 is 0 Å². The lowest BCUT2D eigenvalue weighted by atomic mass is 10.1. The van der Waals surface area contributed by atoms with Crippen LogP contribution in [0.4, 0.5) is 0 Å². The van der Waals surface area contributed by atoms with E-state index in [-0.39, 0.29) is 6.61 Å². The summed E-state index contributed by atoms with van der Waals surface area (Å²) in [5.41, 5.74) is 0. The molecule has 5 nitrogen and oxygen atoms in total. The third kappa shape index (κ3) is 3.26. The molecular weight excluding hydrogens is 218 g/mol. The predicted molar refractivity (Wildman–Crippen MR) is 63.4 cm³/mol. The van der Waals surface area contributed by atoms with Crippen LogP contribution in [0.25, 0.3) is 0 Å². The predicted octanol–water partition coefficient (Wildman–Crippen LogP) is 1.37. The Balaban J connectivity index is 1.88. The van der Waals surface area contributed by atoms with Gasteiger partial charge in [-0.15, -0.1) is 0 Å². The maximum atomic E-state index is 8.88. The number of aliphatic hydroxyl groups is 1. The minimum Gasteiger partial charge on any atom is -0.396 e. The first-order valence-corrected chi connectivity index (χ1v) is 6.50. The summed E-state index contributed by atoms with van der Waals surface area (Å²) in [6, 6.07) is 0.569. The van der Waals surface area contributed by atoms with Crippen LogP contribution in [0.15, 0.2) is 4.52 Å². The largest absolute Gasteiger partial charge is 0.396 e. The standard InChI is InChI=1S/C12H21N3O2/c1-2-11-13-12(17-14-11)9-15-7-3-5-10(15)6-4-8-16/h10,16H,2-9H2,1H3. The topological polar surface area (TPSA) is 62.4 Å². The van der Waals surface area contributed by atoms with Gasteiger partial charge in [-0.05, 0) is 32.2 Å². The van der Waals surface area contributed by atoms with E-state index in [0.717, 1.165) is 44.1 Å². The van der Waals surface area contributed by atoms with Crippen molar-refractivity contribution in [3.05, 3.63) is 11.7 Å². The molecule has 0 amide bonds. The van der Waals surface area contributed by atoms with Crippen molar-refractivity contribution in [1.29, 1.82) is 0 Å². The summed E-state index contributed by atoms with van der Waals surface area (Å²) >= 11 is 0. The van der Waals surface area contributed by atoms with Crippen LogP contribution < -0.4 is 0 Å². The Hall–Kier alpha value is -0.940. The van der Waals surface area contributed by atoms with E-state index in [4.69, 9.17) is 9.63 Å². The van der Waals surface area contributed by atoms with E-state index in [0.29, 0.717) is 6.04 Å². The van der Waals surface area contributed by atoms with Gasteiger partial charge in [0.05, 0.1) is 6.54 Å².